The third-order valence-corrected chi connectivity index (χ3v) is 2.68. The van der Waals surface area contributed by atoms with Gasteiger partial charge < -0.3 is 5.32 Å². The summed E-state index contributed by atoms with van der Waals surface area (Å²) >= 11 is 3.38. The van der Waals surface area contributed by atoms with Crippen molar-refractivity contribution in [2.24, 2.45) is 0 Å². The molecule has 15 heavy (non-hydrogen) atoms. The number of halogens is 1. The van der Waals surface area contributed by atoms with Crippen LogP contribution in [0.3, 0.4) is 0 Å². The first-order valence-corrected chi connectivity index (χ1v) is 5.75. The molecule has 1 aliphatic rings. The minimum Gasteiger partial charge on any atom is -0.357 e. The van der Waals surface area contributed by atoms with Crippen LogP contribution in [0, 0.1) is 12.3 Å². The van der Waals surface area contributed by atoms with Gasteiger partial charge in [-0.05, 0) is 35.7 Å². The van der Waals surface area contributed by atoms with E-state index < -0.39 is 0 Å². The maximum atomic E-state index is 5.30. The molecule has 0 amide bonds. The maximum absolute atomic E-state index is 5.30. The third kappa shape index (κ3) is 2.69. The average molecular weight is 266 g/mol. The summed E-state index contributed by atoms with van der Waals surface area (Å²) in [6.07, 6.45) is 7.69. The molecule has 1 aliphatic carbocycles. The number of hydrogen-bond donors (Lipinski definition) is 1. The number of hydrogen-bond acceptors (Lipinski definition) is 3. The first kappa shape index (κ1) is 10.4. The molecule has 1 atom stereocenters. The summed E-state index contributed by atoms with van der Waals surface area (Å²) in [7, 11) is 0. The van der Waals surface area contributed by atoms with E-state index in [1.54, 1.807) is 0 Å². The van der Waals surface area contributed by atoms with Gasteiger partial charge in [0.05, 0.1) is 6.04 Å². The molecule has 3 nitrogen and oxygen atoms in total. The van der Waals surface area contributed by atoms with Crippen molar-refractivity contribution >= 4 is 21.7 Å². The van der Waals surface area contributed by atoms with Crippen LogP contribution >= 0.6 is 15.9 Å². The van der Waals surface area contributed by atoms with Crippen molar-refractivity contribution < 1.29 is 0 Å². The van der Waals surface area contributed by atoms with Crippen molar-refractivity contribution in [3.63, 3.8) is 0 Å². The zero-order chi connectivity index (χ0) is 10.8. The Morgan fingerprint density at radius 2 is 2.33 bits per heavy atom. The van der Waals surface area contributed by atoms with Gasteiger partial charge in [0.15, 0.2) is 0 Å². The van der Waals surface area contributed by atoms with E-state index in [1.165, 1.54) is 12.8 Å². The Balaban J connectivity index is 2.20. The number of terminal acetylenes is 1. The summed E-state index contributed by atoms with van der Waals surface area (Å²) in [6.45, 7) is 1.92. The Kier molecular flexibility index (Phi) is 2.92. The van der Waals surface area contributed by atoms with Gasteiger partial charge >= 0.3 is 0 Å². The van der Waals surface area contributed by atoms with Gasteiger partial charge in [0.1, 0.15) is 16.2 Å². The molecule has 1 heterocycles. The zero-order valence-corrected chi connectivity index (χ0v) is 10.1. The topological polar surface area (TPSA) is 37.8 Å². The molecule has 1 N–H and O–H groups in total. The van der Waals surface area contributed by atoms with Crippen LogP contribution in [0.1, 0.15) is 31.5 Å². The largest absolute Gasteiger partial charge is 0.357 e. The van der Waals surface area contributed by atoms with Crippen LogP contribution in [-0.4, -0.2) is 16.0 Å². The third-order valence-electron chi connectivity index (χ3n) is 2.27. The predicted octanol–water partition coefficient (Wildman–Crippen LogP) is 2.55. The quantitative estimate of drug-likeness (QED) is 0.675. The first-order valence-electron chi connectivity index (χ1n) is 4.96. The normalized spacial score (nSPS) is 16.9. The minimum atomic E-state index is -0.0150. The van der Waals surface area contributed by atoms with E-state index in [0.29, 0.717) is 5.92 Å². The first-order chi connectivity index (χ1) is 7.19. The Hall–Kier alpha value is -1.08. The molecule has 0 radical (unpaired) electrons. The molecule has 1 saturated carbocycles. The standard InChI is InChI=1S/C11H12BrN3/c1-3-7(2)13-10-6-9(12)14-11(15-10)8-4-5-8/h1,6-8H,4-5H2,2H3,(H,13,14,15). The molecule has 0 bridgehead atoms. The summed E-state index contributed by atoms with van der Waals surface area (Å²) in [6, 6.07) is 1.83. The number of rotatable bonds is 3. The lowest BCUT2D eigenvalue weighted by Crippen LogP contribution is -2.14. The highest BCUT2D eigenvalue weighted by Crippen LogP contribution is 2.38. The molecule has 0 aliphatic heterocycles. The molecular formula is C11H12BrN3. The van der Waals surface area contributed by atoms with Gasteiger partial charge in [0.2, 0.25) is 0 Å². The van der Waals surface area contributed by atoms with Crippen LogP contribution in [0.5, 0.6) is 0 Å². The lowest BCUT2D eigenvalue weighted by molar-refractivity contribution is 0.901. The molecule has 4 heteroatoms. The molecular weight excluding hydrogens is 254 g/mol. The molecule has 78 valence electrons. The molecule has 1 aromatic heterocycles. The van der Waals surface area contributed by atoms with Crippen LogP contribution in [0.15, 0.2) is 10.7 Å². The predicted molar refractivity (Wildman–Crippen MR) is 63.6 cm³/mol. The van der Waals surface area contributed by atoms with Gasteiger partial charge in [-0.2, -0.15) is 0 Å². The molecule has 0 spiro atoms. The average Bonchev–Trinajstić information content (AvgIpc) is 2.99. The SMILES string of the molecule is C#CC(C)Nc1cc(Br)nc(C2CC2)n1. The Morgan fingerprint density at radius 1 is 1.60 bits per heavy atom. The fourth-order valence-electron chi connectivity index (χ4n) is 1.30. The van der Waals surface area contributed by atoms with Gasteiger partial charge in [0, 0.05) is 12.0 Å². The van der Waals surface area contributed by atoms with Crippen LogP contribution < -0.4 is 5.32 Å². The van der Waals surface area contributed by atoms with Crippen molar-refractivity contribution in [2.45, 2.75) is 31.7 Å². The van der Waals surface area contributed by atoms with E-state index in [9.17, 15) is 0 Å². The lowest BCUT2D eigenvalue weighted by Gasteiger charge is -2.09. The van der Waals surface area contributed by atoms with Crippen molar-refractivity contribution in [1.29, 1.82) is 0 Å². The number of nitrogens with zero attached hydrogens (tertiary/aromatic N) is 2. The van der Waals surface area contributed by atoms with Crippen molar-refractivity contribution in [1.82, 2.24) is 9.97 Å². The maximum Gasteiger partial charge on any atom is 0.135 e. The van der Waals surface area contributed by atoms with Gasteiger partial charge in [-0.15, -0.1) is 6.42 Å². The van der Waals surface area contributed by atoms with Crippen molar-refractivity contribution in [3.8, 4) is 12.3 Å². The second-order valence-electron chi connectivity index (χ2n) is 3.74. The monoisotopic (exact) mass is 265 g/mol. The van der Waals surface area contributed by atoms with E-state index in [0.717, 1.165) is 16.2 Å². The second-order valence-corrected chi connectivity index (χ2v) is 4.55. The van der Waals surface area contributed by atoms with E-state index in [1.807, 2.05) is 13.0 Å². The van der Waals surface area contributed by atoms with Gasteiger partial charge in [0.25, 0.3) is 0 Å². The zero-order valence-electron chi connectivity index (χ0n) is 8.50. The van der Waals surface area contributed by atoms with Crippen molar-refractivity contribution in [3.05, 3.63) is 16.5 Å². The number of aromatic nitrogens is 2. The number of nitrogens with one attached hydrogen (secondary N) is 1. The number of anilines is 1. The van der Waals surface area contributed by atoms with E-state index in [2.05, 4.69) is 37.1 Å². The summed E-state index contributed by atoms with van der Waals surface area (Å²) in [5, 5.41) is 3.14. The van der Waals surface area contributed by atoms with E-state index >= 15 is 0 Å². The van der Waals surface area contributed by atoms with Crippen LogP contribution in [0.25, 0.3) is 0 Å². The Bertz CT molecular complexity index is 407. The van der Waals surface area contributed by atoms with Gasteiger partial charge in [-0.1, -0.05) is 5.92 Å². The fraction of sp³-hybridized carbons (Fsp3) is 0.455. The molecule has 1 fully saturated rings. The lowest BCUT2D eigenvalue weighted by atomic mass is 10.3. The van der Waals surface area contributed by atoms with Crippen LogP contribution in [0.2, 0.25) is 0 Å². The van der Waals surface area contributed by atoms with Crippen LogP contribution in [-0.2, 0) is 0 Å². The highest BCUT2D eigenvalue weighted by Gasteiger charge is 2.27. The summed E-state index contributed by atoms with van der Waals surface area (Å²) in [5.41, 5.74) is 0. The molecule has 2 rings (SSSR count). The second kappa shape index (κ2) is 4.19. The van der Waals surface area contributed by atoms with E-state index in [4.69, 9.17) is 6.42 Å². The highest BCUT2D eigenvalue weighted by atomic mass is 79.9. The Morgan fingerprint density at radius 3 is 2.93 bits per heavy atom. The highest BCUT2D eigenvalue weighted by molar-refractivity contribution is 9.10. The summed E-state index contributed by atoms with van der Waals surface area (Å²) in [5.74, 6) is 4.86. The molecule has 1 aromatic rings. The van der Waals surface area contributed by atoms with E-state index in [-0.39, 0.29) is 6.04 Å². The molecule has 1 unspecified atom stereocenters. The summed E-state index contributed by atoms with van der Waals surface area (Å²) in [4.78, 5) is 8.78. The minimum absolute atomic E-state index is 0.0150. The molecule has 0 saturated heterocycles. The fourth-order valence-corrected chi connectivity index (χ4v) is 1.70. The molecule has 0 aromatic carbocycles. The van der Waals surface area contributed by atoms with Gasteiger partial charge in [-0.25, -0.2) is 9.97 Å². The summed E-state index contributed by atoms with van der Waals surface area (Å²) < 4.78 is 0.811. The van der Waals surface area contributed by atoms with Gasteiger partial charge in [-0.3, -0.25) is 0 Å². The Labute approximate surface area is 97.8 Å². The smallest absolute Gasteiger partial charge is 0.135 e. The van der Waals surface area contributed by atoms with Crippen LogP contribution in [0.4, 0.5) is 5.82 Å². The van der Waals surface area contributed by atoms with Crippen molar-refractivity contribution in [2.75, 3.05) is 5.32 Å².